The number of hydrogen-bond donors (Lipinski definition) is 4. The van der Waals surface area contributed by atoms with Crippen molar-refractivity contribution in [3.63, 3.8) is 0 Å². The molecule has 2 aromatic rings. The smallest absolute Gasteiger partial charge is 0.122 e. The highest BCUT2D eigenvalue weighted by Gasteiger charge is 2.23. The van der Waals surface area contributed by atoms with Gasteiger partial charge in [0.25, 0.3) is 0 Å². The molecule has 136 valence electrons. The van der Waals surface area contributed by atoms with Gasteiger partial charge in [0, 0.05) is 11.1 Å². The Morgan fingerprint density at radius 1 is 0.654 bits per heavy atom. The Labute approximate surface area is 153 Å². The molecule has 0 heterocycles. The lowest BCUT2D eigenvalue weighted by atomic mass is 9.95. The van der Waals surface area contributed by atoms with Gasteiger partial charge in [-0.1, -0.05) is 0 Å². The molecule has 6 N–H and O–H groups in total. The van der Waals surface area contributed by atoms with Crippen LogP contribution in [0.3, 0.4) is 0 Å². The zero-order chi connectivity index (χ0) is 18.5. The third kappa shape index (κ3) is 4.53. The first-order valence-electron chi connectivity index (χ1n) is 8.73. The Kier molecular flexibility index (Phi) is 5.41. The number of hydrogen-bond acceptors (Lipinski definition) is 4. The predicted octanol–water partition coefficient (Wildman–Crippen LogP) is 3.02. The maximum Gasteiger partial charge on any atom is 0.122 e. The predicted molar refractivity (Wildman–Crippen MR) is 102 cm³/mol. The number of benzene rings is 2. The lowest BCUT2D eigenvalue weighted by Crippen LogP contribution is -2.30. The van der Waals surface area contributed by atoms with Crippen LogP contribution in [0.1, 0.15) is 36.8 Å². The van der Waals surface area contributed by atoms with Gasteiger partial charge >= 0.3 is 0 Å². The number of rotatable bonds is 6. The van der Waals surface area contributed by atoms with Crippen molar-refractivity contribution in [1.29, 1.82) is 10.8 Å². The quantitative estimate of drug-likeness (QED) is 0.472. The molecule has 0 spiro atoms. The highest BCUT2D eigenvalue weighted by molar-refractivity contribution is 5.95. The maximum atomic E-state index is 7.41. The number of nitrogens with two attached hydrogens (primary N) is 2. The SMILES string of the molecule is N=C(N)c1ccc(OC2CCC(Oc3ccc(C(=N)N)cc3)CC2)cc1. The Hall–Kier alpha value is -3.02. The third-order valence-electron chi connectivity index (χ3n) is 4.56. The van der Waals surface area contributed by atoms with Gasteiger partial charge in [0.1, 0.15) is 23.2 Å². The first-order chi connectivity index (χ1) is 12.5. The molecule has 0 saturated heterocycles. The van der Waals surface area contributed by atoms with E-state index < -0.39 is 0 Å². The number of nitrogen functional groups attached to an aromatic ring is 2. The van der Waals surface area contributed by atoms with Gasteiger partial charge < -0.3 is 20.9 Å². The van der Waals surface area contributed by atoms with E-state index in [1.54, 1.807) is 24.3 Å². The topological polar surface area (TPSA) is 118 Å². The second-order valence-corrected chi connectivity index (χ2v) is 6.51. The van der Waals surface area contributed by atoms with Crippen molar-refractivity contribution < 1.29 is 9.47 Å². The van der Waals surface area contributed by atoms with E-state index in [1.165, 1.54) is 0 Å². The van der Waals surface area contributed by atoms with Gasteiger partial charge in [-0.2, -0.15) is 0 Å². The van der Waals surface area contributed by atoms with Crippen LogP contribution in [0.4, 0.5) is 0 Å². The summed E-state index contributed by atoms with van der Waals surface area (Å²) < 4.78 is 12.1. The van der Waals surface area contributed by atoms with Crippen LogP contribution in [-0.2, 0) is 0 Å². The first kappa shape index (κ1) is 17.8. The second kappa shape index (κ2) is 7.91. The lowest BCUT2D eigenvalue weighted by molar-refractivity contribution is 0.0806. The first-order valence-corrected chi connectivity index (χ1v) is 8.73. The molecule has 0 aliphatic heterocycles. The van der Waals surface area contributed by atoms with Crippen molar-refractivity contribution in [3.05, 3.63) is 59.7 Å². The van der Waals surface area contributed by atoms with Crippen molar-refractivity contribution in [2.75, 3.05) is 0 Å². The van der Waals surface area contributed by atoms with Crippen LogP contribution in [0.25, 0.3) is 0 Å². The minimum atomic E-state index is 0.0607. The van der Waals surface area contributed by atoms with Crippen molar-refractivity contribution in [1.82, 2.24) is 0 Å². The minimum Gasteiger partial charge on any atom is -0.490 e. The van der Waals surface area contributed by atoms with Crippen LogP contribution in [0.5, 0.6) is 11.5 Å². The molecule has 6 heteroatoms. The fourth-order valence-electron chi connectivity index (χ4n) is 3.08. The molecule has 0 aromatic heterocycles. The molecule has 0 bridgehead atoms. The molecule has 0 unspecified atom stereocenters. The zero-order valence-corrected chi connectivity index (χ0v) is 14.6. The molecule has 0 atom stereocenters. The molecule has 1 saturated carbocycles. The van der Waals surface area contributed by atoms with Crippen molar-refractivity contribution in [3.8, 4) is 11.5 Å². The molecule has 1 aliphatic rings. The average Bonchev–Trinajstić information content (AvgIpc) is 2.64. The summed E-state index contributed by atoms with van der Waals surface area (Å²) in [6, 6.07) is 14.6. The Morgan fingerprint density at radius 2 is 0.962 bits per heavy atom. The standard InChI is InChI=1S/C20H24N4O2/c21-19(22)13-1-5-15(6-2-13)25-17-9-11-18(12-10-17)26-16-7-3-14(4-8-16)20(23)24/h1-8,17-18H,9-12H2,(H3,21,22)(H3,23,24). The van der Waals surface area contributed by atoms with Crippen molar-refractivity contribution in [2.45, 2.75) is 37.9 Å². The van der Waals surface area contributed by atoms with Gasteiger partial charge in [0.15, 0.2) is 0 Å². The summed E-state index contributed by atoms with van der Waals surface area (Å²) in [6.45, 7) is 0. The van der Waals surface area contributed by atoms with Gasteiger partial charge in [-0.05, 0) is 74.2 Å². The van der Waals surface area contributed by atoms with Gasteiger partial charge in [0.05, 0.1) is 12.2 Å². The third-order valence-corrected chi connectivity index (χ3v) is 4.56. The van der Waals surface area contributed by atoms with Gasteiger partial charge in [-0.3, -0.25) is 10.8 Å². The molecule has 3 rings (SSSR count). The van der Waals surface area contributed by atoms with Crippen LogP contribution in [-0.4, -0.2) is 23.9 Å². The highest BCUT2D eigenvalue weighted by Crippen LogP contribution is 2.27. The van der Waals surface area contributed by atoms with Gasteiger partial charge in [0.2, 0.25) is 0 Å². The summed E-state index contributed by atoms with van der Waals surface area (Å²) in [5.74, 6) is 1.73. The molecule has 26 heavy (non-hydrogen) atoms. The normalized spacial score (nSPS) is 19.5. The molecule has 0 radical (unpaired) electrons. The summed E-state index contributed by atoms with van der Waals surface area (Å²) >= 11 is 0. The van der Waals surface area contributed by atoms with E-state index >= 15 is 0 Å². The summed E-state index contributed by atoms with van der Waals surface area (Å²) in [4.78, 5) is 0. The van der Waals surface area contributed by atoms with Crippen LogP contribution in [0, 0.1) is 10.8 Å². The fraction of sp³-hybridized carbons (Fsp3) is 0.300. The number of ether oxygens (including phenoxy) is 2. The Morgan fingerprint density at radius 3 is 1.23 bits per heavy atom. The Bertz CT molecular complexity index is 696. The molecule has 2 aromatic carbocycles. The molecule has 0 amide bonds. The number of nitrogens with one attached hydrogen (secondary N) is 2. The van der Waals surface area contributed by atoms with Gasteiger partial charge in [-0.25, -0.2) is 0 Å². The van der Waals surface area contributed by atoms with E-state index in [-0.39, 0.29) is 23.9 Å². The van der Waals surface area contributed by atoms with Crippen molar-refractivity contribution in [2.24, 2.45) is 11.5 Å². The molecule has 6 nitrogen and oxygen atoms in total. The van der Waals surface area contributed by atoms with E-state index in [9.17, 15) is 0 Å². The monoisotopic (exact) mass is 352 g/mol. The average molecular weight is 352 g/mol. The Balaban J connectivity index is 1.47. The van der Waals surface area contributed by atoms with E-state index in [0.717, 1.165) is 37.2 Å². The van der Waals surface area contributed by atoms with Crippen LogP contribution < -0.4 is 20.9 Å². The lowest BCUT2D eigenvalue weighted by Gasteiger charge is -2.29. The summed E-state index contributed by atoms with van der Waals surface area (Å²) in [5, 5.41) is 14.8. The van der Waals surface area contributed by atoms with E-state index in [0.29, 0.717) is 11.1 Å². The van der Waals surface area contributed by atoms with E-state index in [4.69, 9.17) is 31.8 Å². The van der Waals surface area contributed by atoms with Crippen molar-refractivity contribution >= 4 is 11.7 Å². The minimum absolute atomic E-state index is 0.0607. The van der Waals surface area contributed by atoms with Gasteiger partial charge in [-0.15, -0.1) is 0 Å². The fourth-order valence-corrected chi connectivity index (χ4v) is 3.08. The van der Waals surface area contributed by atoms with E-state index in [2.05, 4.69) is 0 Å². The van der Waals surface area contributed by atoms with Crippen LogP contribution in [0.15, 0.2) is 48.5 Å². The molecular formula is C20H24N4O2. The molecule has 1 fully saturated rings. The van der Waals surface area contributed by atoms with Crippen LogP contribution in [0.2, 0.25) is 0 Å². The summed E-state index contributed by atoms with van der Waals surface area (Å²) in [7, 11) is 0. The highest BCUT2D eigenvalue weighted by atomic mass is 16.5. The summed E-state index contributed by atoms with van der Waals surface area (Å²) in [6.07, 6.45) is 4.10. The molecule has 1 aliphatic carbocycles. The van der Waals surface area contributed by atoms with Crippen LogP contribution >= 0.6 is 0 Å². The zero-order valence-electron chi connectivity index (χ0n) is 14.6. The second-order valence-electron chi connectivity index (χ2n) is 6.51. The maximum absolute atomic E-state index is 7.41. The number of amidine groups is 2. The largest absolute Gasteiger partial charge is 0.490 e. The molecular weight excluding hydrogens is 328 g/mol. The van der Waals surface area contributed by atoms with E-state index in [1.807, 2.05) is 24.3 Å². The summed E-state index contributed by atoms with van der Waals surface area (Å²) in [5.41, 5.74) is 12.3.